The van der Waals surface area contributed by atoms with E-state index in [0.717, 1.165) is 45.2 Å². The van der Waals surface area contributed by atoms with Crippen LogP contribution in [0.15, 0.2) is 60.9 Å². The number of nitrogens with one attached hydrogen (secondary N) is 2. The molecule has 2 atom stereocenters. The maximum absolute atomic E-state index is 4.39. The highest BCUT2D eigenvalue weighted by Gasteiger charge is 2.31. The maximum atomic E-state index is 4.39. The van der Waals surface area contributed by atoms with E-state index in [0.29, 0.717) is 12.0 Å². The molecule has 0 radical (unpaired) electrons. The van der Waals surface area contributed by atoms with Crippen LogP contribution in [0.1, 0.15) is 11.6 Å². The van der Waals surface area contributed by atoms with Crippen molar-refractivity contribution in [3.8, 4) is 0 Å². The molecule has 5 rings (SSSR count). The van der Waals surface area contributed by atoms with Gasteiger partial charge in [-0.1, -0.05) is 42.5 Å². The second-order valence-corrected chi connectivity index (χ2v) is 7.67. The first kappa shape index (κ1) is 17.6. The number of hydrazine groups is 1. The van der Waals surface area contributed by atoms with Crippen LogP contribution in [0.4, 0.5) is 5.95 Å². The molecular weight excluding hydrogens is 348 g/mol. The lowest BCUT2D eigenvalue weighted by Gasteiger charge is -2.36. The van der Waals surface area contributed by atoms with Crippen molar-refractivity contribution in [2.24, 2.45) is 5.92 Å². The van der Waals surface area contributed by atoms with E-state index in [1.807, 2.05) is 18.5 Å². The van der Waals surface area contributed by atoms with Crippen LogP contribution in [0.25, 0.3) is 10.8 Å². The summed E-state index contributed by atoms with van der Waals surface area (Å²) in [6.07, 6.45) is 3.64. The monoisotopic (exact) mass is 374 g/mol. The van der Waals surface area contributed by atoms with Gasteiger partial charge in [0, 0.05) is 57.6 Å². The molecule has 0 bridgehead atoms. The van der Waals surface area contributed by atoms with Crippen molar-refractivity contribution < 1.29 is 0 Å². The molecule has 2 aliphatic rings. The van der Waals surface area contributed by atoms with E-state index in [9.17, 15) is 0 Å². The van der Waals surface area contributed by atoms with Crippen LogP contribution in [0.5, 0.6) is 0 Å². The zero-order valence-electron chi connectivity index (χ0n) is 16.0. The Morgan fingerprint density at radius 2 is 1.68 bits per heavy atom. The topological polar surface area (TPSA) is 56.3 Å². The predicted octanol–water partition coefficient (Wildman–Crippen LogP) is 2.22. The molecule has 2 aromatic carbocycles. The summed E-state index contributed by atoms with van der Waals surface area (Å²) in [7, 11) is 0. The fourth-order valence-corrected chi connectivity index (χ4v) is 4.48. The number of nitrogens with zero attached hydrogens (tertiary/aromatic N) is 4. The largest absolute Gasteiger partial charge is 0.338 e. The standard InChI is InChI=1S/C22H26N6/c1-2-7-19-17(5-1)6-3-8-20(19)21-18(15-25-26-21)16-27-11-13-28(14-12-27)22-23-9-4-10-24-22/h1-10,18,21,25-26H,11-16H2. The molecule has 6 heteroatoms. The van der Waals surface area contributed by atoms with Crippen LogP contribution >= 0.6 is 0 Å². The minimum Gasteiger partial charge on any atom is -0.338 e. The summed E-state index contributed by atoms with van der Waals surface area (Å²) in [5.41, 5.74) is 8.33. The zero-order valence-corrected chi connectivity index (χ0v) is 16.0. The highest BCUT2D eigenvalue weighted by Crippen LogP contribution is 2.31. The third-order valence-corrected chi connectivity index (χ3v) is 5.95. The quantitative estimate of drug-likeness (QED) is 0.730. The van der Waals surface area contributed by atoms with Gasteiger partial charge in [0.1, 0.15) is 0 Å². The Morgan fingerprint density at radius 3 is 2.54 bits per heavy atom. The van der Waals surface area contributed by atoms with Crippen molar-refractivity contribution in [1.29, 1.82) is 0 Å². The average molecular weight is 374 g/mol. The minimum atomic E-state index is 0.335. The second kappa shape index (κ2) is 7.83. The lowest BCUT2D eigenvalue weighted by atomic mass is 9.90. The summed E-state index contributed by atoms with van der Waals surface area (Å²) in [4.78, 5) is 13.6. The van der Waals surface area contributed by atoms with E-state index < -0.39 is 0 Å². The van der Waals surface area contributed by atoms with Gasteiger partial charge in [-0.3, -0.25) is 10.3 Å². The molecular formula is C22H26N6. The first-order valence-electron chi connectivity index (χ1n) is 10.1. The van der Waals surface area contributed by atoms with E-state index in [-0.39, 0.29) is 0 Å². The third-order valence-electron chi connectivity index (χ3n) is 5.95. The Morgan fingerprint density at radius 1 is 0.893 bits per heavy atom. The number of anilines is 1. The molecule has 0 amide bonds. The molecule has 6 nitrogen and oxygen atoms in total. The van der Waals surface area contributed by atoms with Gasteiger partial charge in [-0.2, -0.15) is 0 Å². The lowest BCUT2D eigenvalue weighted by molar-refractivity contribution is 0.214. The summed E-state index contributed by atoms with van der Waals surface area (Å²) in [6, 6.07) is 17.5. The average Bonchev–Trinajstić information content (AvgIpc) is 3.22. The Hall–Kier alpha value is -2.54. The van der Waals surface area contributed by atoms with Gasteiger partial charge >= 0.3 is 0 Å². The first-order valence-corrected chi connectivity index (χ1v) is 10.1. The van der Waals surface area contributed by atoms with Crippen LogP contribution in [0, 0.1) is 5.92 Å². The predicted molar refractivity (Wildman–Crippen MR) is 112 cm³/mol. The van der Waals surface area contributed by atoms with Gasteiger partial charge in [-0.15, -0.1) is 0 Å². The first-order chi connectivity index (χ1) is 13.9. The summed E-state index contributed by atoms with van der Waals surface area (Å²) in [5, 5.41) is 2.66. The van der Waals surface area contributed by atoms with Crippen molar-refractivity contribution in [3.63, 3.8) is 0 Å². The molecule has 28 heavy (non-hydrogen) atoms. The van der Waals surface area contributed by atoms with Crippen LogP contribution in [-0.2, 0) is 0 Å². The van der Waals surface area contributed by atoms with Gasteiger partial charge in [0.15, 0.2) is 0 Å². The lowest BCUT2D eigenvalue weighted by Crippen LogP contribution is -2.49. The number of fused-ring (bicyclic) bond motifs is 1. The van der Waals surface area contributed by atoms with E-state index in [2.05, 4.69) is 73.1 Å². The van der Waals surface area contributed by atoms with Crippen molar-refractivity contribution in [1.82, 2.24) is 25.7 Å². The fraction of sp³-hybridized carbons (Fsp3) is 0.364. The van der Waals surface area contributed by atoms with E-state index in [1.54, 1.807) is 0 Å². The molecule has 144 valence electrons. The smallest absolute Gasteiger partial charge is 0.225 e. The van der Waals surface area contributed by atoms with Gasteiger partial charge in [-0.25, -0.2) is 15.4 Å². The van der Waals surface area contributed by atoms with Crippen LogP contribution in [0.2, 0.25) is 0 Å². The van der Waals surface area contributed by atoms with Gasteiger partial charge in [-0.05, 0) is 22.4 Å². The highest BCUT2D eigenvalue weighted by molar-refractivity contribution is 5.86. The fourth-order valence-electron chi connectivity index (χ4n) is 4.48. The van der Waals surface area contributed by atoms with Crippen LogP contribution < -0.4 is 15.8 Å². The van der Waals surface area contributed by atoms with Crippen molar-refractivity contribution in [3.05, 3.63) is 66.5 Å². The molecule has 3 heterocycles. The Balaban J connectivity index is 1.27. The maximum Gasteiger partial charge on any atom is 0.225 e. The van der Waals surface area contributed by atoms with Crippen LogP contribution in [0.3, 0.4) is 0 Å². The molecule has 2 fully saturated rings. The number of benzene rings is 2. The minimum absolute atomic E-state index is 0.335. The van der Waals surface area contributed by atoms with Crippen molar-refractivity contribution >= 4 is 16.7 Å². The Kier molecular flexibility index (Phi) is 4.91. The molecule has 1 aromatic heterocycles. The Labute approximate surface area is 165 Å². The highest BCUT2D eigenvalue weighted by atomic mass is 15.4. The molecule has 0 saturated carbocycles. The van der Waals surface area contributed by atoms with Crippen molar-refractivity contribution in [2.45, 2.75) is 6.04 Å². The van der Waals surface area contributed by atoms with E-state index in [1.165, 1.54) is 16.3 Å². The molecule has 2 N–H and O–H groups in total. The van der Waals surface area contributed by atoms with E-state index >= 15 is 0 Å². The second-order valence-electron chi connectivity index (χ2n) is 7.67. The van der Waals surface area contributed by atoms with Crippen molar-refractivity contribution in [2.75, 3.05) is 44.2 Å². The number of aromatic nitrogens is 2. The third kappa shape index (κ3) is 3.46. The zero-order chi connectivity index (χ0) is 18.8. The van der Waals surface area contributed by atoms with Gasteiger partial charge in [0.25, 0.3) is 0 Å². The normalized spacial score (nSPS) is 23.4. The molecule has 3 aromatic rings. The van der Waals surface area contributed by atoms with E-state index in [4.69, 9.17) is 0 Å². The van der Waals surface area contributed by atoms with Gasteiger partial charge in [0.05, 0.1) is 6.04 Å². The molecule has 2 saturated heterocycles. The Bertz CT molecular complexity index is 917. The number of hydrogen-bond donors (Lipinski definition) is 2. The number of rotatable bonds is 4. The number of hydrogen-bond acceptors (Lipinski definition) is 6. The van der Waals surface area contributed by atoms with Crippen LogP contribution in [-0.4, -0.2) is 54.1 Å². The summed E-state index contributed by atoms with van der Waals surface area (Å²) in [5.74, 6) is 1.39. The summed E-state index contributed by atoms with van der Waals surface area (Å²) in [6.45, 7) is 6.16. The number of piperazine rings is 1. The summed E-state index contributed by atoms with van der Waals surface area (Å²) < 4.78 is 0. The molecule has 2 aliphatic heterocycles. The van der Waals surface area contributed by atoms with Gasteiger partial charge in [0.2, 0.25) is 5.95 Å². The SMILES string of the molecule is c1cnc(N2CCN(CC3CNNC3c3cccc4ccccc34)CC2)nc1. The molecule has 0 aliphatic carbocycles. The molecule has 0 spiro atoms. The van der Waals surface area contributed by atoms with Gasteiger partial charge < -0.3 is 4.90 Å². The molecule has 2 unspecified atom stereocenters. The summed E-state index contributed by atoms with van der Waals surface area (Å²) >= 11 is 0.